The van der Waals surface area contributed by atoms with Gasteiger partial charge in [-0.1, -0.05) is 12.2 Å². The van der Waals surface area contributed by atoms with Crippen LogP contribution in [0.4, 0.5) is 0 Å². The molecule has 0 fully saturated rings. The molecule has 5 N–H and O–H groups in total. The molecule has 0 saturated heterocycles. The maximum atomic E-state index is 10.6. The van der Waals surface area contributed by atoms with Gasteiger partial charge in [0.1, 0.15) is 5.54 Å². The van der Waals surface area contributed by atoms with Crippen molar-refractivity contribution in [1.29, 1.82) is 5.41 Å². The molecular formula is C9H17N3O2. The summed E-state index contributed by atoms with van der Waals surface area (Å²) >= 11 is 0. The smallest absolute Gasteiger partial charge is 0.327 e. The minimum absolute atomic E-state index is 0.534. The average Bonchev–Trinajstić information content (AvgIpc) is 2.10. The molecule has 5 heteroatoms. The summed E-state index contributed by atoms with van der Waals surface area (Å²) in [4.78, 5) is 10.6. The van der Waals surface area contributed by atoms with Gasteiger partial charge in [-0.2, -0.15) is 0 Å². The summed E-state index contributed by atoms with van der Waals surface area (Å²) in [5, 5.41) is 18.4. The summed E-state index contributed by atoms with van der Waals surface area (Å²) in [6.07, 6.45) is 5.18. The highest BCUT2D eigenvalue weighted by molar-refractivity contribution is 5.80. The standard InChI is InChI=1S/C9H17N3O2/c1-9(11,8(13)14)4-2-3-6-12-7-5-10/h2,4-5,10,12H,3,6-7,11H2,1H3,(H,13,14)/b4-2+,10-5?/t9-/m0/s1. The Bertz CT molecular complexity index is 224. The predicted octanol–water partition coefficient (Wildman–Crippen LogP) is -0.0261. The second-order valence-corrected chi connectivity index (χ2v) is 3.19. The van der Waals surface area contributed by atoms with Crippen molar-refractivity contribution in [2.75, 3.05) is 13.1 Å². The van der Waals surface area contributed by atoms with Gasteiger partial charge in [0, 0.05) is 12.8 Å². The number of nitrogens with two attached hydrogens (primary N) is 1. The zero-order valence-electron chi connectivity index (χ0n) is 8.29. The molecule has 0 aromatic carbocycles. The Kier molecular flexibility index (Phi) is 5.74. The highest BCUT2D eigenvalue weighted by Gasteiger charge is 2.23. The lowest BCUT2D eigenvalue weighted by atomic mass is 10.0. The molecule has 0 radical (unpaired) electrons. The van der Waals surface area contributed by atoms with Crippen LogP contribution in [-0.4, -0.2) is 35.9 Å². The van der Waals surface area contributed by atoms with Gasteiger partial charge in [0.15, 0.2) is 0 Å². The van der Waals surface area contributed by atoms with Crippen molar-refractivity contribution >= 4 is 12.2 Å². The van der Waals surface area contributed by atoms with Gasteiger partial charge in [0.05, 0.1) is 0 Å². The molecular weight excluding hydrogens is 182 g/mol. The van der Waals surface area contributed by atoms with Gasteiger partial charge in [-0.25, -0.2) is 4.79 Å². The molecule has 0 unspecified atom stereocenters. The molecule has 0 aromatic rings. The third-order valence-corrected chi connectivity index (χ3v) is 1.66. The summed E-state index contributed by atoms with van der Waals surface area (Å²) in [5.41, 5.74) is 4.17. The molecule has 80 valence electrons. The summed E-state index contributed by atoms with van der Waals surface area (Å²) in [5.74, 6) is -1.04. The average molecular weight is 199 g/mol. The van der Waals surface area contributed by atoms with E-state index in [-0.39, 0.29) is 0 Å². The Labute approximate surface area is 83.5 Å². The van der Waals surface area contributed by atoms with Gasteiger partial charge in [0.2, 0.25) is 0 Å². The first-order valence-corrected chi connectivity index (χ1v) is 4.40. The Morgan fingerprint density at radius 1 is 1.71 bits per heavy atom. The maximum absolute atomic E-state index is 10.6. The number of carbonyl (C=O) groups is 1. The van der Waals surface area contributed by atoms with Gasteiger partial charge in [-0.05, 0) is 19.9 Å². The van der Waals surface area contributed by atoms with Crippen LogP contribution in [0.25, 0.3) is 0 Å². The van der Waals surface area contributed by atoms with E-state index in [0.29, 0.717) is 19.5 Å². The van der Waals surface area contributed by atoms with Crippen LogP contribution in [0, 0.1) is 5.41 Å². The highest BCUT2D eigenvalue weighted by atomic mass is 16.4. The quantitative estimate of drug-likeness (QED) is 0.263. The van der Waals surface area contributed by atoms with Crippen LogP contribution in [0.15, 0.2) is 12.2 Å². The van der Waals surface area contributed by atoms with Gasteiger partial charge >= 0.3 is 5.97 Å². The Hall–Kier alpha value is -1.20. The number of hydrogen-bond acceptors (Lipinski definition) is 4. The van der Waals surface area contributed by atoms with E-state index in [1.54, 1.807) is 6.08 Å². The minimum atomic E-state index is -1.29. The number of aliphatic carboxylic acids is 1. The largest absolute Gasteiger partial charge is 0.480 e. The number of hydrogen-bond donors (Lipinski definition) is 4. The number of nitrogens with one attached hydrogen (secondary N) is 2. The van der Waals surface area contributed by atoms with E-state index in [2.05, 4.69) is 5.32 Å². The topological polar surface area (TPSA) is 99.2 Å². The molecule has 0 amide bonds. The third kappa shape index (κ3) is 5.45. The van der Waals surface area contributed by atoms with Crippen LogP contribution in [0.5, 0.6) is 0 Å². The lowest BCUT2D eigenvalue weighted by Crippen LogP contribution is -2.42. The Morgan fingerprint density at radius 3 is 2.86 bits per heavy atom. The van der Waals surface area contributed by atoms with Gasteiger partial charge in [-0.3, -0.25) is 0 Å². The van der Waals surface area contributed by atoms with Crippen molar-refractivity contribution in [3.8, 4) is 0 Å². The van der Waals surface area contributed by atoms with Gasteiger partial charge in [0.25, 0.3) is 0 Å². The summed E-state index contributed by atoms with van der Waals surface area (Å²) in [7, 11) is 0. The lowest BCUT2D eigenvalue weighted by molar-refractivity contribution is -0.140. The normalized spacial score (nSPS) is 15.3. The van der Waals surface area contributed by atoms with Crippen LogP contribution in [0.2, 0.25) is 0 Å². The minimum Gasteiger partial charge on any atom is -0.480 e. The van der Waals surface area contributed by atoms with E-state index in [1.807, 2.05) is 0 Å². The fourth-order valence-electron chi connectivity index (χ4n) is 0.759. The van der Waals surface area contributed by atoms with E-state index < -0.39 is 11.5 Å². The summed E-state index contributed by atoms with van der Waals surface area (Å²) < 4.78 is 0. The second kappa shape index (κ2) is 6.28. The fraction of sp³-hybridized carbons (Fsp3) is 0.556. The van der Waals surface area contributed by atoms with Gasteiger partial charge < -0.3 is 21.6 Å². The number of carboxylic acid groups (broad SMARTS) is 1. The molecule has 0 aliphatic carbocycles. The van der Waals surface area contributed by atoms with Crippen molar-refractivity contribution < 1.29 is 9.90 Å². The first kappa shape index (κ1) is 12.8. The maximum Gasteiger partial charge on any atom is 0.327 e. The van der Waals surface area contributed by atoms with Crippen LogP contribution < -0.4 is 11.1 Å². The van der Waals surface area contributed by atoms with E-state index in [4.69, 9.17) is 16.2 Å². The van der Waals surface area contributed by atoms with Crippen molar-refractivity contribution in [2.24, 2.45) is 5.73 Å². The molecule has 14 heavy (non-hydrogen) atoms. The van der Waals surface area contributed by atoms with Gasteiger partial charge in [-0.15, -0.1) is 0 Å². The lowest BCUT2D eigenvalue weighted by Gasteiger charge is -2.13. The summed E-state index contributed by atoms with van der Waals surface area (Å²) in [6.45, 7) is 2.69. The predicted molar refractivity (Wildman–Crippen MR) is 55.6 cm³/mol. The Morgan fingerprint density at radius 2 is 2.36 bits per heavy atom. The van der Waals surface area contributed by atoms with E-state index >= 15 is 0 Å². The molecule has 0 bridgehead atoms. The molecule has 0 heterocycles. The molecule has 0 rings (SSSR count). The molecule has 5 nitrogen and oxygen atoms in total. The van der Waals surface area contributed by atoms with Crippen molar-refractivity contribution in [3.05, 3.63) is 12.2 Å². The second-order valence-electron chi connectivity index (χ2n) is 3.19. The van der Waals surface area contributed by atoms with Crippen molar-refractivity contribution in [3.63, 3.8) is 0 Å². The molecule has 0 spiro atoms. The van der Waals surface area contributed by atoms with Crippen LogP contribution >= 0.6 is 0 Å². The zero-order valence-corrected chi connectivity index (χ0v) is 8.29. The first-order valence-electron chi connectivity index (χ1n) is 4.40. The van der Waals surface area contributed by atoms with E-state index in [0.717, 1.165) is 0 Å². The number of rotatable bonds is 7. The van der Waals surface area contributed by atoms with Crippen molar-refractivity contribution in [1.82, 2.24) is 5.32 Å². The first-order chi connectivity index (χ1) is 6.50. The Balaban J connectivity index is 3.71. The van der Waals surface area contributed by atoms with Crippen LogP contribution in [0.1, 0.15) is 13.3 Å². The van der Waals surface area contributed by atoms with Crippen molar-refractivity contribution in [2.45, 2.75) is 18.9 Å². The SMILES string of the molecule is C[C@](N)(/C=C/CCNCC=N)C(=O)O. The number of carboxylic acids is 1. The van der Waals surface area contributed by atoms with Crippen LogP contribution in [-0.2, 0) is 4.79 Å². The van der Waals surface area contributed by atoms with E-state index in [9.17, 15) is 4.79 Å². The molecule has 0 saturated carbocycles. The molecule has 1 atom stereocenters. The molecule has 0 aliphatic rings. The molecule has 0 aliphatic heterocycles. The monoisotopic (exact) mass is 199 g/mol. The highest BCUT2D eigenvalue weighted by Crippen LogP contribution is 2.01. The van der Waals surface area contributed by atoms with E-state index in [1.165, 1.54) is 19.2 Å². The summed E-state index contributed by atoms with van der Waals surface area (Å²) in [6, 6.07) is 0. The fourth-order valence-corrected chi connectivity index (χ4v) is 0.759. The van der Waals surface area contributed by atoms with Crippen LogP contribution in [0.3, 0.4) is 0 Å². The zero-order chi connectivity index (χ0) is 11.0. The third-order valence-electron chi connectivity index (χ3n) is 1.66. The molecule has 0 aromatic heterocycles.